The number of hydrogen-bond acceptors (Lipinski definition) is 2. The molecule has 1 aliphatic heterocycles. The van der Waals surface area contributed by atoms with Crippen LogP contribution in [0, 0.1) is 5.41 Å². The Balaban J connectivity index is 1.78. The Morgan fingerprint density at radius 2 is 1.86 bits per heavy atom. The smallest absolute Gasteiger partial charge is 0.228 e. The lowest BCUT2D eigenvalue weighted by atomic mass is 9.94. The summed E-state index contributed by atoms with van der Waals surface area (Å²) in [5, 5.41) is 0.799. The quantitative estimate of drug-likeness (QED) is 0.857. The van der Waals surface area contributed by atoms with Gasteiger partial charge in [0.15, 0.2) is 0 Å². The van der Waals surface area contributed by atoms with E-state index < -0.39 is 0 Å². The molecule has 21 heavy (non-hydrogen) atoms. The van der Waals surface area contributed by atoms with Gasteiger partial charge in [0.05, 0.1) is 0 Å². The highest BCUT2D eigenvalue weighted by atomic mass is 35.5. The molecule has 1 aromatic carbocycles. The first-order chi connectivity index (χ1) is 9.86. The molecule has 0 N–H and O–H groups in total. The van der Waals surface area contributed by atoms with Gasteiger partial charge in [0, 0.05) is 43.2 Å². The summed E-state index contributed by atoms with van der Waals surface area (Å²) in [6.45, 7) is 10.6. The third-order valence-corrected chi connectivity index (χ3v) is 4.14. The van der Waals surface area contributed by atoms with Crippen LogP contribution in [0.2, 0.25) is 5.02 Å². The summed E-state index contributed by atoms with van der Waals surface area (Å²) >= 11 is 6.01. The van der Waals surface area contributed by atoms with Crippen molar-refractivity contribution >= 4 is 17.5 Å². The summed E-state index contributed by atoms with van der Waals surface area (Å²) < 4.78 is 0. The molecule has 1 aliphatic rings. The first kappa shape index (κ1) is 16.3. The van der Waals surface area contributed by atoms with E-state index in [2.05, 4.69) is 11.0 Å². The van der Waals surface area contributed by atoms with E-state index in [1.54, 1.807) is 0 Å². The summed E-state index contributed by atoms with van der Waals surface area (Å²) in [7, 11) is 0. The molecule has 116 valence electrons. The highest BCUT2D eigenvalue weighted by Crippen LogP contribution is 2.19. The van der Waals surface area contributed by atoms with Crippen LogP contribution in [0.15, 0.2) is 24.3 Å². The predicted octanol–water partition coefficient (Wildman–Crippen LogP) is 3.07. The van der Waals surface area contributed by atoms with Crippen LogP contribution in [0.1, 0.15) is 26.3 Å². The van der Waals surface area contributed by atoms with Gasteiger partial charge in [-0.3, -0.25) is 9.69 Å². The van der Waals surface area contributed by atoms with Crippen molar-refractivity contribution < 1.29 is 4.79 Å². The van der Waals surface area contributed by atoms with Crippen molar-refractivity contribution in [2.24, 2.45) is 5.41 Å². The first-order valence-corrected chi connectivity index (χ1v) is 8.00. The Kier molecular flexibility index (Phi) is 5.28. The van der Waals surface area contributed by atoms with Gasteiger partial charge in [0.2, 0.25) is 5.91 Å². The van der Waals surface area contributed by atoms with Crippen molar-refractivity contribution in [2.45, 2.75) is 27.2 Å². The Hall–Kier alpha value is -1.06. The molecule has 1 amide bonds. The van der Waals surface area contributed by atoms with Gasteiger partial charge in [0.25, 0.3) is 0 Å². The van der Waals surface area contributed by atoms with Crippen molar-refractivity contribution in [3.05, 3.63) is 34.9 Å². The number of rotatable bonds is 3. The van der Waals surface area contributed by atoms with E-state index in [9.17, 15) is 4.79 Å². The van der Waals surface area contributed by atoms with Crippen molar-refractivity contribution in [3.63, 3.8) is 0 Å². The predicted molar refractivity (Wildman–Crippen MR) is 87.6 cm³/mol. The van der Waals surface area contributed by atoms with Crippen LogP contribution in [0.25, 0.3) is 0 Å². The average molecular weight is 309 g/mol. The summed E-state index contributed by atoms with van der Waals surface area (Å²) in [6, 6.07) is 8.05. The molecule has 0 spiro atoms. The average Bonchev–Trinajstić information content (AvgIpc) is 2.44. The van der Waals surface area contributed by atoms with Gasteiger partial charge in [-0.25, -0.2) is 0 Å². The van der Waals surface area contributed by atoms with E-state index >= 15 is 0 Å². The summed E-state index contributed by atoms with van der Waals surface area (Å²) in [4.78, 5) is 16.7. The Labute approximate surface area is 132 Å². The lowest BCUT2D eigenvalue weighted by molar-refractivity contribution is -0.141. The van der Waals surface area contributed by atoms with Gasteiger partial charge in [0.1, 0.15) is 0 Å². The zero-order valence-electron chi connectivity index (χ0n) is 13.2. The minimum absolute atomic E-state index is 0.261. The fourth-order valence-corrected chi connectivity index (χ4v) is 2.84. The Bertz CT molecular complexity index is 488. The van der Waals surface area contributed by atoms with Gasteiger partial charge in [-0.2, -0.15) is 0 Å². The van der Waals surface area contributed by atoms with Gasteiger partial charge in [-0.05, 0) is 24.1 Å². The maximum absolute atomic E-state index is 12.2. The normalized spacial score (nSPS) is 17.0. The molecule has 4 heteroatoms. The lowest BCUT2D eigenvalue weighted by Gasteiger charge is -2.37. The summed E-state index contributed by atoms with van der Waals surface area (Å²) in [5.74, 6) is 0.261. The maximum atomic E-state index is 12.2. The van der Waals surface area contributed by atoms with E-state index in [1.807, 2.05) is 43.9 Å². The first-order valence-electron chi connectivity index (χ1n) is 7.62. The summed E-state index contributed by atoms with van der Waals surface area (Å²) in [6.07, 6.45) is 1.01. The van der Waals surface area contributed by atoms with Crippen LogP contribution in [0.4, 0.5) is 0 Å². The van der Waals surface area contributed by atoms with Crippen molar-refractivity contribution in [1.82, 2.24) is 9.80 Å². The third kappa shape index (κ3) is 4.72. The van der Waals surface area contributed by atoms with Crippen LogP contribution < -0.4 is 0 Å². The van der Waals surface area contributed by atoms with Crippen molar-refractivity contribution in [2.75, 3.05) is 32.7 Å². The number of benzene rings is 1. The van der Waals surface area contributed by atoms with E-state index in [0.717, 1.165) is 44.2 Å². The number of carbonyl (C=O) groups excluding carboxylic acids is 1. The molecule has 1 fully saturated rings. The number of halogens is 1. The van der Waals surface area contributed by atoms with Crippen molar-refractivity contribution in [1.29, 1.82) is 0 Å². The number of amides is 1. The lowest BCUT2D eigenvalue weighted by Crippen LogP contribution is -2.51. The second-order valence-corrected chi connectivity index (χ2v) is 7.20. The van der Waals surface area contributed by atoms with Gasteiger partial charge >= 0.3 is 0 Å². The molecule has 0 radical (unpaired) electrons. The van der Waals surface area contributed by atoms with Crippen LogP contribution >= 0.6 is 11.6 Å². The summed E-state index contributed by atoms with van der Waals surface area (Å²) in [5.41, 5.74) is 0.999. The topological polar surface area (TPSA) is 23.6 Å². The largest absolute Gasteiger partial charge is 0.340 e. The number of carbonyl (C=O) groups is 1. The second kappa shape index (κ2) is 6.80. The van der Waals surface area contributed by atoms with E-state index in [1.165, 1.54) is 5.56 Å². The minimum Gasteiger partial charge on any atom is -0.340 e. The molecule has 0 bridgehead atoms. The molecule has 0 unspecified atom stereocenters. The second-order valence-electron chi connectivity index (χ2n) is 6.76. The van der Waals surface area contributed by atoms with E-state index in [0.29, 0.717) is 0 Å². The molecule has 2 rings (SSSR count). The van der Waals surface area contributed by atoms with E-state index in [-0.39, 0.29) is 11.3 Å². The standard InChI is InChI=1S/C17H25ClN2O/c1-17(2,3)16(21)20-11-9-19(10-12-20)8-7-14-5-4-6-15(18)13-14/h4-6,13H,7-12H2,1-3H3. The highest BCUT2D eigenvalue weighted by Gasteiger charge is 2.29. The third-order valence-electron chi connectivity index (χ3n) is 3.91. The van der Waals surface area contributed by atoms with E-state index in [4.69, 9.17) is 11.6 Å². The molecule has 3 nitrogen and oxygen atoms in total. The zero-order valence-corrected chi connectivity index (χ0v) is 14.0. The molecule has 1 aromatic rings. The minimum atomic E-state index is -0.275. The SMILES string of the molecule is CC(C)(C)C(=O)N1CCN(CCc2cccc(Cl)c2)CC1. The molecular weight excluding hydrogens is 284 g/mol. The monoisotopic (exact) mass is 308 g/mol. The molecule has 0 aromatic heterocycles. The molecule has 0 saturated carbocycles. The zero-order chi connectivity index (χ0) is 15.5. The van der Waals surface area contributed by atoms with Crippen LogP contribution in [-0.4, -0.2) is 48.4 Å². The Morgan fingerprint density at radius 3 is 2.43 bits per heavy atom. The van der Waals surface area contributed by atoms with Crippen molar-refractivity contribution in [3.8, 4) is 0 Å². The van der Waals surface area contributed by atoms with Gasteiger partial charge < -0.3 is 4.90 Å². The van der Waals surface area contributed by atoms with Gasteiger partial charge in [-0.15, -0.1) is 0 Å². The number of hydrogen-bond donors (Lipinski definition) is 0. The fraction of sp³-hybridized carbons (Fsp3) is 0.588. The van der Waals surface area contributed by atoms with Crippen LogP contribution in [0.3, 0.4) is 0 Å². The molecular formula is C17H25ClN2O. The number of nitrogens with zero attached hydrogens (tertiary/aromatic N) is 2. The highest BCUT2D eigenvalue weighted by molar-refractivity contribution is 6.30. The molecule has 1 saturated heterocycles. The van der Waals surface area contributed by atoms with Gasteiger partial charge in [-0.1, -0.05) is 44.5 Å². The molecule has 0 aliphatic carbocycles. The maximum Gasteiger partial charge on any atom is 0.228 e. The molecule has 1 heterocycles. The van der Waals surface area contributed by atoms with Crippen LogP contribution in [-0.2, 0) is 11.2 Å². The van der Waals surface area contributed by atoms with Crippen LogP contribution in [0.5, 0.6) is 0 Å². The molecule has 0 atom stereocenters. The Morgan fingerprint density at radius 1 is 1.19 bits per heavy atom. The fourth-order valence-electron chi connectivity index (χ4n) is 2.63. The number of piperazine rings is 1.